The molecule has 0 spiro atoms. The zero-order valence-corrected chi connectivity index (χ0v) is 12.5. The topological polar surface area (TPSA) is 58.4 Å². The predicted molar refractivity (Wildman–Crippen MR) is 83.7 cm³/mol. The number of carbonyl (C=O) groups excluding carboxylic acids is 1. The zero-order valence-electron chi connectivity index (χ0n) is 12.5. The van der Waals surface area contributed by atoms with E-state index in [4.69, 9.17) is 5.73 Å². The molecule has 1 saturated carbocycles. The monoisotopic (exact) mass is 275 g/mol. The molecule has 1 aliphatic rings. The summed E-state index contributed by atoms with van der Waals surface area (Å²) in [5.74, 6) is 0.858. The summed E-state index contributed by atoms with van der Waals surface area (Å²) in [6.45, 7) is 6.64. The molecule has 0 heterocycles. The number of benzene rings is 1. The molecule has 4 nitrogen and oxygen atoms in total. The number of anilines is 2. The van der Waals surface area contributed by atoms with Crippen LogP contribution in [-0.2, 0) is 4.79 Å². The minimum absolute atomic E-state index is 0.0489. The van der Waals surface area contributed by atoms with E-state index in [1.54, 1.807) is 0 Å². The number of hydrogen-bond donors (Lipinski definition) is 2. The van der Waals surface area contributed by atoms with Gasteiger partial charge in [0, 0.05) is 17.9 Å². The van der Waals surface area contributed by atoms with Gasteiger partial charge in [-0.3, -0.25) is 9.69 Å². The molecule has 2 rings (SSSR count). The SMILES string of the molecule is CCCN(CC(=O)Nc1cc(N)ccc1C)CC1CC1. The molecule has 0 atom stereocenters. The molecule has 3 N–H and O–H groups in total. The van der Waals surface area contributed by atoms with Gasteiger partial charge in [-0.2, -0.15) is 0 Å². The fourth-order valence-electron chi connectivity index (χ4n) is 2.38. The van der Waals surface area contributed by atoms with E-state index in [9.17, 15) is 4.79 Å². The Balaban J connectivity index is 1.90. The third kappa shape index (κ3) is 4.53. The van der Waals surface area contributed by atoms with Gasteiger partial charge in [-0.05, 0) is 56.3 Å². The fourth-order valence-corrected chi connectivity index (χ4v) is 2.38. The molecule has 0 saturated heterocycles. The number of rotatable bonds is 7. The molecule has 1 amide bonds. The molecular formula is C16H25N3O. The highest BCUT2D eigenvalue weighted by Gasteiger charge is 2.24. The van der Waals surface area contributed by atoms with Gasteiger partial charge in [0.25, 0.3) is 0 Å². The number of hydrogen-bond acceptors (Lipinski definition) is 3. The predicted octanol–water partition coefficient (Wildman–Crippen LogP) is 2.64. The molecule has 0 unspecified atom stereocenters. The third-order valence-corrected chi connectivity index (χ3v) is 3.66. The molecule has 0 aromatic heterocycles. The van der Waals surface area contributed by atoms with Crippen LogP contribution >= 0.6 is 0 Å². The van der Waals surface area contributed by atoms with Crippen molar-refractivity contribution in [2.45, 2.75) is 33.1 Å². The summed E-state index contributed by atoms with van der Waals surface area (Å²) in [5, 5.41) is 2.97. The second-order valence-corrected chi connectivity index (χ2v) is 5.80. The Morgan fingerprint density at radius 3 is 2.85 bits per heavy atom. The van der Waals surface area contributed by atoms with Crippen LogP contribution in [0.5, 0.6) is 0 Å². The Hall–Kier alpha value is -1.55. The van der Waals surface area contributed by atoms with Crippen LogP contribution < -0.4 is 11.1 Å². The Kier molecular flexibility index (Phi) is 5.01. The van der Waals surface area contributed by atoms with Gasteiger partial charge in [0.05, 0.1) is 6.54 Å². The Bertz CT molecular complexity index is 469. The molecule has 0 aliphatic heterocycles. The van der Waals surface area contributed by atoms with Crippen molar-refractivity contribution >= 4 is 17.3 Å². The standard InChI is InChI=1S/C16H25N3O/c1-3-8-19(10-13-5-6-13)11-16(20)18-15-9-14(17)7-4-12(15)2/h4,7,9,13H,3,5-6,8,10-11,17H2,1-2H3,(H,18,20). The van der Waals surface area contributed by atoms with Crippen molar-refractivity contribution in [3.63, 3.8) is 0 Å². The normalized spacial score (nSPS) is 14.6. The largest absolute Gasteiger partial charge is 0.399 e. The van der Waals surface area contributed by atoms with Gasteiger partial charge in [0.2, 0.25) is 5.91 Å². The number of carbonyl (C=O) groups is 1. The van der Waals surface area contributed by atoms with Gasteiger partial charge >= 0.3 is 0 Å². The maximum absolute atomic E-state index is 12.2. The number of aryl methyl sites for hydroxylation is 1. The summed E-state index contributed by atoms with van der Waals surface area (Å²) in [5.41, 5.74) is 8.30. The molecule has 110 valence electrons. The van der Waals surface area contributed by atoms with Crippen LogP contribution in [0, 0.1) is 12.8 Å². The summed E-state index contributed by atoms with van der Waals surface area (Å²) in [4.78, 5) is 14.4. The van der Waals surface area contributed by atoms with Crippen LogP contribution in [0.3, 0.4) is 0 Å². The molecule has 1 fully saturated rings. The Labute approximate surface area is 121 Å². The van der Waals surface area contributed by atoms with Gasteiger partial charge in [0.1, 0.15) is 0 Å². The molecule has 0 radical (unpaired) electrons. The maximum Gasteiger partial charge on any atom is 0.238 e. The average molecular weight is 275 g/mol. The lowest BCUT2D eigenvalue weighted by molar-refractivity contribution is -0.117. The summed E-state index contributed by atoms with van der Waals surface area (Å²) in [6.07, 6.45) is 3.71. The van der Waals surface area contributed by atoms with E-state index in [1.807, 2.05) is 25.1 Å². The van der Waals surface area contributed by atoms with Crippen LogP contribution in [0.1, 0.15) is 31.7 Å². The van der Waals surface area contributed by atoms with E-state index in [0.717, 1.165) is 36.7 Å². The number of nitrogens with zero attached hydrogens (tertiary/aromatic N) is 1. The smallest absolute Gasteiger partial charge is 0.238 e. The van der Waals surface area contributed by atoms with Crippen molar-refractivity contribution in [3.8, 4) is 0 Å². The van der Waals surface area contributed by atoms with E-state index in [-0.39, 0.29) is 5.91 Å². The molecule has 4 heteroatoms. The summed E-state index contributed by atoms with van der Waals surface area (Å²) >= 11 is 0. The lowest BCUT2D eigenvalue weighted by Crippen LogP contribution is -2.35. The maximum atomic E-state index is 12.2. The highest BCUT2D eigenvalue weighted by atomic mass is 16.2. The molecular weight excluding hydrogens is 250 g/mol. The van der Waals surface area contributed by atoms with Crippen molar-refractivity contribution in [2.24, 2.45) is 5.92 Å². The highest BCUT2D eigenvalue weighted by Crippen LogP contribution is 2.29. The van der Waals surface area contributed by atoms with Gasteiger partial charge in [-0.1, -0.05) is 13.0 Å². The molecule has 0 bridgehead atoms. The summed E-state index contributed by atoms with van der Waals surface area (Å²) in [7, 11) is 0. The Morgan fingerprint density at radius 1 is 1.45 bits per heavy atom. The van der Waals surface area contributed by atoms with Gasteiger partial charge in [-0.15, -0.1) is 0 Å². The van der Waals surface area contributed by atoms with Gasteiger partial charge in [-0.25, -0.2) is 0 Å². The van der Waals surface area contributed by atoms with Crippen LogP contribution in [0.15, 0.2) is 18.2 Å². The zero-order chi connectivity index (χ0) is 14.5. The third-order valence-electron chi connectivity index (χ3n) is 3.66. The second kappa shape index (κ2) is 6.75. The first-order valence-corrected chi connectivity index (χ1v) is 7.46. The van der Waals surface area contributed by atoms with Crippen molar-refractivity contribution < 1.29 is 4.79 Å². The molecule has 1 aromatic carbocycles. The Morgan fingerprint density at radius 2 is 2.20 bits per heavy atom. The van der Waals surface area contributed by atoms with Gasteiger partial charge in [0.15, 0.2) is 0 Å². The van der Waals surface area contributed by atoms with Crippen LogP contribution in [0.2, 0.25) is 0 Å². The lowest BCUT2D eigenvalue weighted by atomic mass is 10.2. The average Bonchev–Trinajstić information content (AvgIpc) is 3.18. The van der Waals surface area contributed by atoms with Crippen molar-refractivity contribution in [1.29, 1.82) is 0 Å². The van der Waals surface area contributed by atoms with E-state index in [0.29, 0.717) is 12.2 Å². The minimum Gasteiger partial charge on any atom is -0.399 e. The van der Waals surface area contributed by atoms with Gasteiger partial charge < -0.3 is 11.1 Å². The molecule has 1 aromatic rings. The first kappa shape index (κ1) is 14.9. The van der Waals surface area contributed by atoms with E-state index < -0.39 is 0 Å². The number of nitrogens with two attached hydrogens (primary N) is 1. The van der Waals surface area contributed by atoms with Crippen LogP contribution in [0.25, 0.3) is 0 Å². The van der Waals surface area contributed by atoms with Crippen LogP contribution in [-0.4, -0.2) is 30.4 Å². The van der Waals surface area contributed by atoms with Crippen molar-refractivity contribution in [1.82, 2.24) is 4.90 Å². The number of amides is 1. The van der Waals surface area contributed by atoms with E-state index >= 15 is 0 Å². The molecule has 20 heavy (non-hydrogen) atoms. The highest BCUT2D eigenvalue weighted by molar-refractivity contribution is 5.93. The first-order chi connectivity index (χ1) is 9.58. The fraction of sp³-hybridized carbons (Fsp3) is 0.562. The second-order valence-electron chi connectivity index (χ2n) is 5.80. The quantitative estimate of drug-likeness (QED) is 0.752. The minimum atomic E-state index is 0.0489. The van der Waals surface area contributed by atoms with Crippen LogP contribution in [0.4, 0.5) is 11.4 Å². The summed E-state index contributed by atoms with van der Waals surface area (Å²) in [6, 6.07) is 5.60. The number of nitrogen functional groups attached to an aromatic ring is 1. The summed E-state index contributed by atoms with van der Waals surface area (Å²) < 4.78 is 0. The van der Waals surface area contributed by atoms with Crippen molar-refractivity contribution in [2.75, 3.05) is 30.7 Å². The number of nitrogens with one attached hydrogen (secondary N) is 1. The lowest BCUT2D eigenvalue weighted by Gasteiger charge is -2.21. The van der Waals surface area contributed by atoms with Crippen molar-refractivity contribution in [3.05, 3.63) is 23.8 Å². The molecule has 1 aliphatic carbocycles. The first-order valence-electron chi connectivity index (χ1n) is 7.46. The van der Waals surface area contributed by atoms with E-state index in [1.165, 1.54) is 12.8 Å². The van der Waals surface area contributed by atoms with E-state index in [2.05, 4.69) is 17.1 Å².